The van der Waals surface area contributed by atoms with Gasteiger partial charge in [0.05, 0.1) is 0 Å². The van der Waals surface area contributed by atoms with E-state index in [-0.39, 0.29) is 0 Å². The van der Waals surface area contributed by atoms with Crippen molar-refractivity contribution in [1.82, 2.24) is 0 Å². The smallest absolute Gasteiger partial charge is 0.0449 e. The summed E-state index contributed by atoms with van der Waals surface area (Å²) < 4.78 is 0. The van der Waals surface area contributed by atoms with E-state index < -0.39 is 0 Å². The van der Waals surface area contributed by atoms with Gasteiger partial charge in [0, 0.05) is 24.6 Å². The maximum absolute atomic E-state index is 5.67. The summed E-state index contributed by atoms with van der Waals surface area (Å²) in [6.45, 7) is 2.29. The molecule has 0 N–H and O–H groups in total. The van der Waals surface area contributed by atoms with Crippen LogP contribution in [0.1, 0.15) is 114 Å². The van der Waals surface area contributed by atoms with Crippen LogP contribution in [0.3, 0.4) is 0 Å². The first-order chi connectivity index (χ1) is 17.1. The van der Waals surface area contributed by atoms with Gasteiger partial charge >= 0.3 is 0 Å². The van der Waals surface area contributed by atoms with E-state index >= 15 is 0 Å². The number of rotatable bonds is 19. The standard InChI is InChI=1S/C33H49NS/c1-4-5-6-7-8-9-10-11-12-13-14-15-16-17-20-29-23-25-31(26-24-29)33(35)28-27-30-21-18-19-22-32(30)34(2)3/h18-19,21-28H,4-17,20H2,1-3H3. The second kappa shape index (κ2) is 18.4. The van der Waals surface area contributed by atoms with Crippen LogP contribution < -0.4 is 4.90 Å². The first-order valence-corrected chi connectivity index (χ1v) is 14.6. The van der Waals surface area contributed by atoms with Crippen LogP contribution in [0.2, 0.25) is 0 Å². The Bertz CT molecular complexity index is 850. The van der Waals surface area contributed by atoms with Crippen molar-refractivity contribution in [3.8, 4) is 0 Å². The number of nitrogens with zero attached hydrogens (tertiary/aromatic N) is 1. The van der Waals surface area contributed by atoms with Gasteiger partial charge in [0.15, 0.2) is 0 Å². The Kier molecular flexibility index (Phi) is 15.4. The molecule has 2 heteroatoms. The number of aryl methyl sites for hydroxylation is 1. The third-order valence-corrected chi connectivity index (χ3v) is 7.26. The number of unbranched alkanes of at least 4 members (excludes halogenated alkanes) is 13. The van der Waals surface area contributed by atoms with Crippen molar-refractivity contribution in [3.05, 3.63) is 71.3 Å². The Hall–Kier alpha value is -1.93. The second-order valence-corrected chi connectivity index (χ2v) is 10.6. The Morgan fingerprint density at radius 3 is 1.74 bits per heavy atom. The van der Waals surface area contributed by atoms with Crippen LogP contribution in [0.25, 0.3) is 6.08 Å². The zero-order valence-electron chi connectivity index (χ0n) is 22.7. The van der Waals surface area contributed by atoms with Crippen LogP contribution in [0.5, 0.6) is 0 Å². The summed E-state index contributed by atoms with van der Waals surface area (Å²) >= 11 is 5.67. The van der Waals surface area contributed by atoms with Crippen LogP contribution in [-0.2, 0) is 6.42 Å². The highest BCUT2D eigenvalue weighted by molar-refractivity contribution is 7.81. The van der Waals surface area contributed by atoms with E-state index in [9.17, 15) is 0 Å². The average molecular weight is 492 g/mol. The molecule has 0 fully saturated rings. The van der Waals surface area contributed by atoms with Crippen LogP contribution in [-0.4, -0.2) is 19.0 Å². The van der Waals surface area contributed by atoms with Gasteiger partial charge in [-0.05, 0) is 41.7 Å². The fourth-order valence-electron chi connectivity index (χ4n) is 4.66. The molecule has 2 rings (SSSR count). The van der Waals surface area contributed by atoms with Crippen molar-refractivity contribution >= 4 is 28.8 Å². The first-order valence-electron chi connectivity index (χ1n) is 14.2. The summed E-state index contributed by atoms with van der Waals surface area (Å²) in [7, 11) is 4.14. The molecule has 0 saturated carbocycles. The highest BCUT2D eigenvalue weighted by atomic mass is 32.1. The summed E-state index contributed by atoms with van der Waals surface area (Å²) in [5.74, 6) is 0. The van der Waals surface area contributed by atoms with Crippen molar-refractivity contribution in [2.24, 2.45) is 0 Å². The van der Waals surface area contributed by atoms with E-state index in [0.29, 0.717) is 0 Å². The normalized spacial score (nSPS) is 11.3. The van der Waals surface area contributed by atoms with Gasteiger partial charge in [0.25, 0.3) is 0 Å². The lowest BCUT2D eigenvalue weighted by atomic mass is 10.0. The number of allylic oxidation sites excluding steroid dienone is 1. The number of thiocarbonyl (C=S) groups is 1. The lowest BCUT2D eigenvalue weighted by molar-refractivity contribution is 0.535. The van der Waals surface area contributed by atoms with Crippen LogP contribution in [0.15, 0.2) is 54.6 Å². The zero-order valence-corrected chi connectivity index (χ0v) is 23.6. The molecular weight excluding hydrogens is 442 g/mol. The monoisotopic (exact) mass is 491 g/mol. The van der Waals surface area contributed by atoms with E-state index in [4.69, 9.17) is 12.2 Å². The van der Waals surface area contributed by atoms with Crippen molar-refractivity contribution in [1.29, 1.82) is 0 Å². The van der Waals surface area contributed by atoms with Gasteiger partial charge in [0.1, 0.15) is 0 Å². The topological polar surface area (TPSA) is 3.24 Å². The van der Waals surface area contributed by atoms with Gasteiger partial charge in [-0.2, -0.15) is 0 Å². The molecule has 0 amide bonds. The maximum atomic E-state index is 5.67. The lowest BCUT2D eigenvalue weighted by Gasteiger charge is -2.15. The number of anilines is 1. The minimum Gasteiger partial charge on any atom is -0.377 e. The van der Waals surface area contributed by atoms with Crippen molar-refractivity contribution in [2.75, 3.05) is 19.0 Å². The number of benzene rings is 2. The summed E-state index contributed by atoms with van der Waals surface area (Å²) in [5.41, 5.74) is 4.95. The summed E-state index contributed by atoms with van der Waals surface area (Å²) in [6.07, 6.45) is 25.1. The zero-order chi connectivity index (χ0) is 25.1. The Morgan fingerprint density at radius 2 is 1.20 bits per heavy atom. The molecule has 2 aromatic rings. The minimum atomic E-state index is 0.890. The number of para-hydroxylation sites is 1. The van der Waals surface area contributed by atoms with E-state index in [1.54, 1.807) is 0 Å². The van der Waals surface area contributed by atoms with E-state index in [1.807, 2.05) is 0 Å². The lowest BCUT2D eigenvalue weighted by Crippen LogP contribution is -2.09. The summed E-state index contributed by atoms with van der Waals surface area (Å²) in [6, 6.07) is 17.3. The molecule has 0 bridgehead atoms. The van der Waals surface area contributed by atoms with Gasteiger partial charge in [-0.15, -0.1) is 0 Å². The SMILES string of the molecule is CCCCCCCCCCCCCCCCc1ccc(C(=S)C=Cc2ccccc2N(C)C)cc1. The Balaban J connectivity index is 1.56. The molecule has 192 valence electrons. The third kappa shape index (κ3) is 12.5. The largest absolute Gasteiger partial charge is 0.377 e. The molecule has 0 heterocycles. The first kappa shape index (κ1) is 29.3. The maximum Gasteiger partial charge on any atom is 0.0449 e. The molecule has 0 spiro atoms. The minimum absolute atomic E-state index is 0.890. The fourth-order valence-corrected chi connectivity index (χ4v) is 4.86. The fraction of sp³-hybridized carbons (Fsp3) is 0.545. The van der Waals surface area contributed by atoms with Crippen LogP contribution in [0.4, 0.5) is 5.69 Å². The van der Waals surface area contributed by atoms with E-state index in [0.717, 1.165) is 10.4 Å². The van der Waals surface area contributed by atoms with Gasteiger partial charge in [-0.3, -0.25) is 0 Å². The predicted octanol–water partition coefficient (Wildman–Crippen LogP) is 10.2. The Morgan fingerprint density at radius 1 is 0.686 bits per heavy atom. The molecule has 0 radical (unpaired) electrons. The van der Waals surface area contributed by atoms with Gasteiger partial charge in [-0.25, -0.2) is 0 Å². The number of hydrogen-bond donors (Lipinski definition) is 0. The van der Waals surface area contributed by atoms with Gasteiger partial charge in [-0.1, -0.05) is 151 Å². The molecule has 0 aliphatic rings. The van der Waals surface area contributed by atoms with Crippen LogP contribution >= 0.6 is 12.2 Å². The molecule has 0 aliphatic heterocycles. The predicted molar refractivity (Wildman–Crippen MR) is 162 cm³/mol. The molecule has 0 saturated heterocycles. The Labute approximate surface area is 222 Å². The molecule has 0 unspecified atom stereocenters. The molecule has 35 heavy (non-hydrogen) atoms. The summed E-state index contributed by atoms with van der Waals surface area (Å²) in [5, 5.41) is 0. The molecule has 2 aromatic carbocycles. The number of hydrogen-bond acceptors (Lipinski definition) is 2. The van der Waals surface area contributed by atoms with E-state index in [2.05, 4.69) is 86.6 Å². The average Bonchev–Trinajstić information content (AvgIpc) is 2.88. The molecule has 0 aromatic heterocycles. The van der Waals surface area contributed by atoms with Gasteiger partial charge in [0.2, 0.25) is 0 Å². The van der Waals surface area contributed by atoms with E-state index in [1.165, 1.54) is 113 Å². The van der Waals surface area contributed by atoms with Crippen molar-refractivity contribution in [3.63, 3.8) is 0 Å². The van der Waals surface area contributed by atoms with Crippen molar-refractivity contribution in [2.45, 2.75) is 103 Å². The van der Waals surface area contributed by atoms with Crippen molar-refractivity contribution < 1.29 is 0 Å². The quantitative estimate of drug-likeness (QED) is 0.0832. The van der Waals surface area contributed by atoms with Crippen LogP contribution in [0, 0.1) is 0 Å². The van der Waals surface area contributed by atoms with Gasteiger partial charge < -0.3 is 4.90 Å². The molecule has 0 atom stereocenters. The molecule has 1 nitrogen and oxygen atoms in total. The molecule has 0 aliphatic carbocycles. The highest BCUT2D eigenvalue weighted by Gasteiger charge is 2.02. The summed E-state index contributed by atoms with van der Waals surface area (Å²) in [4.78, 5) is 3.02. The third-order valence-electron chi connectivity index (χ3n) is 6.89. The second-order valence-electron chi connectivity index (χ2n) is 10.2. The highest BCUT2D eigenvalue weighted by Crippen LogP contribution is 2.20. The molecular formula is C33H49NS.